The SMILES string of the molecule is O=Cc1ccccc1OCc1csc2c1=CCNC=2. The predicted molar refractivity (Wildman–Crippen MR) is 76.7 cm³/mol. The maximum absolute atomic E-state index is 10.9. The van der Waals surface area contributed by atoms with Crippen molar-refractivity contribution in [3.05, 3.63) is 50.5 Å². The summed E-state index contributed by atoms with van der Waals surface area (Å²) in [7, 11) is 0. The van der Waals surface area contributed by atoms with Crippen molar-refractivity contribution < 1.29 is 9.53 Å². The van der Waals surface area contributed by atoms with E-state index >= 15 is 0 Å². The van der Waals surface area contributed by atoms with Crippen molar-refractivity contribution in [2.75, 3.05) is 6.54 Å². The van der Waals surface area contributed by atoms with Gasteiger partial charge in [0.2, 0.25) is 0 Å². The standard InChI is InChI=1S/C15H13NO2S/c17-8-11-3-1-2-4-14(11)18-9-12-10-19-15-7-16-6-5-13(12)15/h1-5,7-8,10,16H,6,9H2. The Kier molecular flexibility index (Phi) is 3.33. The zero-order chi connectivity index (χ0) is 13.1. The largest absolute Gasteiger partial charge is 0.488 e. The Hall–Kier alpha value is -2.07. The van der Waals surface area contributed by atoms with Gasteiger partial charge < -0.3 is 10.1 Å². The van der Waals surface area contributed by atoms with Crippen LogP contribution in [0.4, 0.5) is 0 Å². The van der Waals surface area contributed by atoms with Crippen molar-refractivity contribution in [3.63, 3.8) is 0 Å². The monoisotopic (exact) mass is 271 g/mol. The number of benzene rings is 1. The molecule has 4 heteroatoms. The maximum atomic E-state index is 10.9. The van der Waals surface area contributed by atoms with Crippen LogP contribution >= 0.6 is 11.3 Å². The number of nitrogens with one attached hydrogen (secondary N) is 1. The molecule has 0 saturated heterocycles. The fourth-order valence-corrected chi connectivity index (χ4v) is 3.01. The van der Waals surface area contributed by atoms with E-state index in [1.54, 1.807) is 17.4 Å². The van der Waals surface area contributed by atoms with Crippen molar-refractivity contribution in [3.8, 4) is 5.75 Å². The highest BCUT2D eigenvalue weighted by Gasteiger charge is 2.06. The molecule has 2 aromatic rings. The Labute approximate surface area is 114 Å². The molecule has 3 rings (SSSR count). The number of para-hydroxylation sites is 1. The molecule has 3 nitrogen and oxygen atoms in total. The summed E-state index contributed by atoms with van der Waals surface area (Å²) in [5.74, 6) is 0.635. The van der Waals surface area contributed by atoms with Gasteiger partial charge in [-0.05, 0) is 22.7 Å². The molecule has 0 bridgehead atoms. The minimum absolute atomic E-state index is 0.487. The van der Waals surface area contributed by atoms with E-state index in [1.807, 2.05) is 24.4 Å². The zero-order valence-corrected chi connectivity index (χ0v) is 11.1. The van der Waals surface area contributed by atoms with E-state index in [9.17, 15) is 4.79 Å². The third kappa shape index (κ3) is 2.39. The third-order valence-corrected chi connectivity index (χ3v) is 4.02. The van der Waals surface area contributed by atoms with Gasteiger partial charge in [0.15, 0.2) is 6.29 Å². The molecule has 1 aliphatic heterocycles. The van der Waals surface area contributed by atoms with Crippen LogP contribution in [0.15, 0.2) is 29.6 Å². The van der Waals surface area contributed by atoms with Crippen molar-refractivity contribution >= 4 is 29.9 Å². The predicted octanol–water partition coefficient (Wildman–Crippen LogP) is 1.26. The van der Waals surface area contributed by atoms with Gasteiger partial charge in [0.1, 0.15) is 12.4 Å². The molecule has 96 valence electrons. The van der Waals surface area contributed by atoms with E-state index in [1.165, 1.54) is 15.3 Å². The van der Waals surface area contributed by atoms with Gasteiger partial charge in [-0.2, -0.15) is 0 Å². The number of carbonyl (C=O) groups excluding carboxylic acids is 1. The second kappa shape index (κ2) is 5.28. The highest BCUT2D eigenvalue weighted by atomic mass is 32.1. The van der Waals surface area contributed by atoms with Crippen LogP contribution in [0.25, 0.3) is 12.3 Å². The lowest BCUT2D eigenvalue weighted by Gasteiger charge is -2.07. The van der Waals surface area contributed by atoms with Gasteiger partial charge in [-0.15, -0.1) is 11.3 Å². The maximum Gasteiger partial charge on any atom is 0.153 e. The third-order valence-electron chi connectivity index (χ3n) is 3.03. The molecule has 0 amide bonds. The molecule has 1 aromatic carbocycles. The summed E-state index contributed by atoms with van der Waals surface area (Å²) in [5, 5.41) is 6.54. The van der Waals surface area contributed by atoms with Gasteiger partial charge in [-0.3, -0.25) is 4.79 Å². The molecule has 0 unspecified atom stereocenters. The molecule has 2 heterocycles. The summed E-state index contributed by atoms with van der Waals surface area (Å²) in [6.07, 6.45) is 5.02. The van der Waals surface area contributed by atoms with E-state index < -0.39 is 0 Å². The topological polar surface area (TPSA) is 38.3 Å². The fourth-order valence-electron chi connectivity index (χ4n) is 2.05. The molecule has 19 heavy (non-hydrogen) atoms. The number of thiophene rings is 1. The summed E-state index contributed by atoms with van der Waals surface area (Å²) < 4.78 is 6.99. The van der Waals surface area contributed by atoms with Crippen LogP contribution < -0.4 is 19.8 Å². The van der Waals surface area contributed by atoms with Gasteiger partial charge in [-0.1, -0.05) is 18.2 Å². The second-order valence-electron chi connectivity index (χ2n) is 4.24. The van der Waals surface area contributed by atoms with E-state index in [-0.39, 0.29) is 0 Å². The second-order valence-corrected chi connectivity index (χ2v) is 5.15. The van der Waals surface area contributed by atoms with Gasteiger partial charge in [0, 0.05) is 18.3 Å². The normalized spacial score (nSPS) is 12.6. The zero-order valence-electron chi connectivity index (χ0n) is 10.3. The molecule has 1 N–H and O–H groups in total. The number of rotatable bonds is 4. The number of hydrogen-bond donors (Lipinski definition) is 1. The molecule has 0 saturated carbocycles. The molecule has 0 fully saturated rings. The Morgan fingerprint density at radius 3 is 3.16 bits per heavy atom. The quantitative estimate of drug-likeness (QED) is 0.851. The van der Waals surface area contributed by atoms with E-state index in [0.29, 0.717) is 17.9 Å². The minimum Gasteiger partial charge on any atom is -0.488 e. The van der Waals surface area contributed by atoms with E-state index in [0.717, 1.165) is 12.8 Å². The molecule has 0 aliphatic carbocycles. The first-order chi connectivity index (χ1) is 9.38. The van der Waals surface area contributed by atoms with Crippen LogP contribution in [0.1, 0.15) is 15.9 Å². The molecule has 1 aromatic heterocycles. The summed E-state index contributed by atoms with van der Waals surface area (Å²) in [5.41, 5.74) is 1.75. The van der Waals surface area contributed by atoms with E-state index in [4.69, 9.17) is 4.74 Å². The minimum atomic E-state index is 0.487. The summed E-state index contributed by atoms with van der Waals surface area (Å²) in [6.45, 7) is 1.34. The highest BCUT2D eigenvalue weighted by molar-refractivity contribution is 7.07. The first-order valence-corrected chi connectivity index (χ1v) is 6.93. The first kappa shape index (κ1) is 12.0. The Morgan fingerprint density at radius 1 is 1.37 bits per heavy atom. The van der Waals surface area contributed by atoms with Crippen LogP contribution in [0.5, 0.6) is 5.75 Å². The van der Waals surface area contributed by atoms with Gasteiger partial charge in [-0.25, -0.2) is 0 Å². The summed E-state index contributed by atoms with van der Waals surface area (Å²) in [4.78, 5) is 10.9. The number of carbonyl (C=O) groups is 1. The average Bonchev–Trinajstić information content (AvgIpc) is 2.89. The van der Waals surface area contributed by atoms with Crippen LogP contribution in [0.3, 0.4) is 0 Å². The van der Waals surface area contributed by atoms with Gasteiger partial charge in [0.05, 0.1) is 10.1 Å². The summed E-state index contributed by atoms with van der Waals surface area (Å²) in [6, 6.07) is 7.28. The fraction of sp³-hybridized carbons (Fsp3) is 0.133. The lowest BCUT2D eigenvalue weighted by Crippen LogP contribution is -2.31. The van der Waals surface area contributed by atoms with Crippen molar-refractivity contribution in [2.24, 2.45) is 0 Å². The van der Waals surface area contributed by atoms with Gasteiger partial charge >= 0.3 is 0 Å². The molecule has 0 spiro atoms. The summed E-state index contributed by atoms with van der Waals surface area (Å²) >= 11 is 1.70. The molecule has 0 radical (unpaired) electrons. The molecular weight excluding hydrogens is 258 g/mol. The van der Waals surface area contributed by atoms with Crippen molar-refractivity contribution in [2.45, 2.75) is 6.61 Å². The smallest absolute Gasteiger partial charge is 0.153 e. The Bertz CT molecular complexity index is 718. The number of ether oxygens (including phenoxy) is 1. The van der Waals surface area contributed by atoms with E-state index in [2.05, 4.69) is 16.8 Å². The number of aldehydes is 1. The first-order valence-electron chi connectivity index (χ1n) is 6.05. The molecular formula is C15H13NO2S. The lowest BCUT2D eigenvalue weighted by molar-refractivity contribution is 0.111. The Morgan fingerprint density at radius 2 is 2.26 bits per heavy atom. The van der Waals surface area contributed by atoms with Crippen LogP contribution in [0.2, 0.25) is 0 Å². The number of hydrogen-bond acceptors (Lipinski definition) is 4. The molecule has 1 aliphatic rings. The number of fused-ring (bicyclic) bond motifs is 1. The average molecular weight is 271 g/mol. The van der Waals surface area contributed by atoms with Gasteiger partial charge in [0.25, 0.3) is 0 Å². The van der Waals surface area contributed by atoms with Crippen molar-refractivity contribution in [1.29, 1.82) is 0 Å². The van der Waals surface area contributed by atoms with Crippen LogP contribution in [0, 0.1) is 0 Å². The molecule has 0 atom stereocenters. The van der Waals surface area contributed by atoms with Crippen LogP contribution in [-0.2, 0) is 6.61 Å². The Balaban J connectivity index is 1.84. The van der Waals surface area contributed by atoms with Crippen LogP contribution in [-0.4, -0.2) is 12.8 Å². The van der Waals surface area contributed by atoms with Crippen molar-refractivity contribution in [1.82, 2.24) is 5.32 Å². The lowest BCUT2D eigenvalue weighted by atomic mass is 10.2. The highest BCUT2D eigenvalue weighted by Crippen LogP contribution is 2.16.